The zero-order chi connectivity index (χ0) is 12.6. The van der Waals surface area contributed by atoms with Gasteiger partial charge in [0.25, 0.3) is 5.92 Å². The second-order valence-electron chi connectivity index (χ2n) is 4.00. The lowest BCUT2D eigenvalue weighted by Gasteiger charge is -2.18. The molecule has 0 atom stereocenters. The second-order valence-corrected chi connectivity index (χ2v) is 4.00. The van der Waals surface area contributed by atoms with Gasteiger partial charge in [-0.2, -0.15) is 0 Å². The van der Waals surface area contributed by atoms with Crippen molar-refractivity contribution >= 4 is 11.7 Å². The topological polar surface area (TPSA) is 40.5 Å². The average Bonchev–Trinajstić information content (AvgIpc) is 2.58. The van der Waals surface area contributed by atoms with Gasteiger partial charge in [-0.3, -0.25) is 0 Å². The molecule has 1 aromatic rings. The zero-order valence-electron chi connectivity index (χ0n) is 8.79. The molecule has 0 amide bonds. The number of carboxylic acid groups (broad SMARTS) is 1. The van der Waals surface area contributed by atoms with Crippen LogP contribution in [0, 0.1) is 5.82 Å². The van der Waals surface area contributed by atoms with E-state index in [4.69, 9.17) is 5.11 Å². The van der Waals surface area contributed by atoms with E-state index < -0.39 is 24.3 Å². The van der Waals surface area contributed by atoms with Crippen molar-refractivity contribution in [3.05, 3.63) is 29.6 Å². The van der Waals surface area contributed by atoms with Gasteiger partial charge < -0.3 is 10.0 Å². The summed E-state index contributed by atoms with van der Waals surface area (Å²) in [5.74, 6) is -4.84. The fourth-order valence-electron chi connectivity index (χ4n) is 1.84. The fourth-order valence-corrected chi connectivity index (χ4v) is 1.84. The Bertz CT molecular complexity index is 462. The summed E-state index contributed by atoms with van der Waals surface area (Å²) in [6.45, 7) is -0.466. The molecule has 0 unspecified atom stereocenters. The summed E-state index contributed by atoms with van der Waals surface area (Å²) in [4.78, 5) is 11.8. The third-order valence-corrected chi connectivity index (χ3v) is 2.70. The first-order valence-corrected chi connectivity index (χ1v) is 5.05. The van der Waals surface area contributed by atoms with Gasteiger partial charge in [-0.15, -0.1) is 0 Å². The molecule has 1 aromatic carbocycles. The summed E-state index contributed by atoms with van der Waals surface area (Å²) in [5.41, 5.74) is -0.176. The lowest BCUT2D eigenvalue weighted by atomic mass is 10.2. The van der Waals surface area contributed by atoms with Crippen LogP contribution in [0.1, 0.15) is 16.8 Å². The Morgan fingerprint density at radius 1 is 1.41 bits per heavy atom. The van der Waals surface area contributed by atoms with Crippen LogP contribution < -0.4 is 4.90 Å². The Morgan fingerprint density at radius 2 is 2.12 bits per heavy atom. The molecule has 2 rings (SSSR count). The van der Waals surface area contributed by atoms with E-state index in [0.717, 1.165) is 6.07 Å². The van der Waals surface area contributed by atoms with Crippen LogP contribution in [-0.4, -0.2) is 30.1 Å². The maximum atomic E-state index is 13.6. The van der Waals surface area contributed by atoms with E-state index in [1.165, 1.54) is 17.0 Å². The monoisotopic (exact) mass is 245 g/mol. The van der Waals surface area contributed by atoms with Crippen LogP contribution in [0.25, 0.3) is 0 Å². The van der Waals surface area contributed by atoms with Crippen LogP contribution in [0.3, 0.4) is 0 Å². The zero-order valence-corrected chi connectivity index (χ0v) is 8.79. The second kappa shape index (κ2) is 3.94. The van der Waals surface area contributed by atoms with Gasteiger partial charge in [0.1, 0.15) is 5.82 Å². The minimum absolute atomic E-state index is 0.0205. The molecule has 1 aliphatic heterocycles. The molecule has 1 fully saturated rings. The molecule has 1 N–H and O–H groups in total. The van der Waals surface area contributed by atoms with Crippen molar-refractivity contribution in [2.24, 2.45) is 0 Å². The van der Waals surface area contributed by atoms with Gasteiger partial charge in [0, 0.05) is 13.0 Å². The molecule has 1 aliphatic rings. The molecule has 92 valence electrons. The Hall–Kier alpha value is -1.72. The molecule has 0 spiro atoms. The smallest absolute Gasteiger partial charge is 0.335 e. The van der Waals surface area contributed by atoms with Gasteiger partial charge >= 0.3 is 5.97 Å². The summed E-state index contributed by atoms with van der Waals surface area (Å²) in [6.07, 6.45) is -0.312. The van der Waals surface area contributed by atoms with E-state index in [9.17, 15) is 18.0 Å². The number of carbonyl (C=O) groups is 1. The van der Waals surface area contributed by atoms with Gasteiger partial charge in [-0.05, 0) is 18.2 Å². The standard InChI is InChI=1S/C11H10F3NO2/c12-8-5-7(10(16)17)1-2-9(8)15-4-3-11(13,14)6-15/h1-2,5H,3-4,6H2,(H,16,17). The molecule has 1 saturated heterocycles. The third kappa shape index (κ3) is 2.35. The summed E-state index contributed by atoms with van der Waals surface area (Å²) in [6, 6.07) is 3.27. The minimum Gasteiger partial charge on any atom is -0.478 e. The quantitative estimate of drug-likeness (QED) is 0.869. The van der Waals surface area contributed by atoms with E-state index in [0.29, 0.717) is 0 Å². The molecular weight excluding hydrogens is 235 g/mol. The lowest BCUT2D eigenvalue weighted by Crippen LogP contribution is -2.25. The number of anilines is 1. The molecule has 6 heteroatoms. The van der Waals surface area contributed by atoms with Crippen LogP contribution in [0.2, 0.25) is 0 Å². The number of carboxylic acids is 1. The van der Waals surface area contributed by atoms with Crippen molar-refractivity contribution in [3.8, 4) is 0 Å². The van der Waals surface area contributed by atoms with E-state index in [1.807, 2.05) is 0 Å². The summed E-state index contributed by atoms with van der Waals surface area (Å²) < 4.78 is 39.5. The average molecular weight is 245 g/mol. The maximum Gasteiger partial charge on any atom is 0.335 e. The van der Waals surface area contributed by atoms with Crippen molar-refractivity contribution in [2.75, 3.05) is 18.0 Å². The minimum atomic E-state index is -2.81. The Labute approximate surface area is 95.5 Å². The highest BCUT2D eigenvalue weighted by Crippen LogP contribution is 2.32. The Balaban J connectivity index is 2.26. The molecule has 0 aromatic heterocycles. The number of nitrogens with zero attached hydrogens (tertiary/aromatic N) is 1. The first kappa shape index (κ1) is 11.8. The van der Waals surface area contributed by atoms with Crippen molar-refractivity contribution in [2.45, 2.75) is 12.3 Å². The van der Waals surface area contributed by atoms with Gasteiger partial charge in [-0.1, -0.05) is 0 Å². The van der Waals surface area contributed by atoms with Crippen molar-refractivity contribution in [1.29, 1.82) is 0 Å². The molecule has 0 aliphatic carbocycles. The summed E-state index contributed by atoms with van der Waals surface area (Å²) >= 11 is 0. The van der Waals surface area contributed by atoms with Gasteiger partial charge in [-0.25, -0.2) is 18.0 Å². The maximum absolute atomic E-state index is 13.6. The predicted octanol–water partition coefficient (Wildman–Crippen LogP) is 2.37. The first-order valence-electron chi connectivity index (χ1n) is 5.05. The number of hydrogen-bond acceptors (Lipinski definition) is 2. The molecule has 0 saturated carbocycles. The van der Waals surface area contributed by atoms with Gasteiger partial charge in [0.15, 0.2) is 0 Å². The van der Waals surface area contributed by atoms with E-state index in [1.54, 1.807) is 0 Å². The third-order valence-electron chi connectivity index (χ3n) is 2.70. The SMILES string of the molecule is O=C(O)c1ccc(N2CCC(F)(F)C2)c(F)c1. The van der Waals surface area contributed by atoms with Crippen molar-refractivity contribution < 1.29 is 23.1 Å². The molecule has 17 heavy (non-hydrogen) atoms. The van der Waals surface area contributed by atoms with Gasteiger partial charge in [0.05, 0.1) is 17.8 Å². The van der Waals surface area contributed by atoms with Crippen LogP contribution >= 0.6 is 0 Å². The summed E-state index contributed by atoms with van der Waals surface area (Å²) in [7, 11) is 0. The number of aromatic carboxylic acids is 1. The van der Waals surface area contributed by atoms with Crippen LogP contribution in [0.5, 0.6) is 0 Å². The first-order chi connectivity index (χ1) is 7.89. The van der Waals surface area contributed by atoms with Crippen molar-refractivity contribution in [1.82, 2.24) is 0 Å². The molecular formula is C11H10F3NO2. The molecule has 0 bridgehead atoms. The van der Waals surface area contributed by atoms with E-state index in [-0.39, 0.29) is 24.2 Å². The molecule has 1 heterocycles. The van der Waals surface area contributed by atoms with Crippen LogP contribution in [-0.2, 0) is 0 Å². The van der Waals surface area contributed by atoms with Crippen LogP contribution in [0.4, 0.5) is 18.9 Å². The number of rotatable bonds is 2. The Kier molecular flexibility index (Phi) is 2.73. The van der Waals surface area contributed by atoms with Crippen molar-refractivity contribution in [3.63, 3.8) is 0 Å². The normalized spacial score (nSPS) is 18.4. The highest BCUT2D eigenvalue weighted by Gasteiger charge is 2.39. The number of benzene rings is 1. The number of halogens is 3. The van der Waals surface area contributed by atoms with E-state index in [2.05, 4.69) is 0 Å². The Morgan fingerprint density at radius 3 is 2.59 bits per heavy atom. The number of alkyl halides is 2. The van der Waals surface area contributed by atoms with E-state index >= 15 is 0 Å². The predicted molar refractivity (Wildman–Crippen MR) is 55.1 cm³/mol. The highest BCUT2D eigenvalue weighted by molar-refractivity contribution is 5.88. The molecule has 0 radical (unpaired) electrons. The molecule has 3 nitrogen and oxygen atoms in total. The largest absolute Gasteiger partial charge is 0.478 e. The lowest BCUT2D eigenvalue weighted by molar-refractivity contribution is 0.0256. The summed E-state index contributed by atoms with van der Waals surface area (Å²) in [5, 5.41) is 8.65. The van der Waals surface area contributed by atoms with Crippen LogP contribution in [0.15, 0.2) is 18.2 Å². The fraction of sp³-hybridized carbons (Fsp3) is 0.364. The number of hydrogen-bond donors (Lipinski definition) is 1. The van der Waals surface area contributed by atoms with Gasteiger partial charge in [0.2, 0.25) is 0 Å². The highest BCUT2D eigenvalue weighted by atomic mass is 19.3.